The highest BCUT2D eigenvalue weighted by Gasteiger charge is 2.31. The minimum atomic E-state index is -4.48. The summed E-state index contributed by atoms with van der Waals surface area (Å²) in [5.41, 5.74) is -0.641. The van der Waals surface area contributed by atoms with Crippen molar-refractivity contribution in [2.75, 3.05) is 0 Å². The quantitative estimate of drug-likeness (QED) is 0.610. The van der Waals surface area contributed by atoms with Crippen LogP contribution in [-0.2, 0) is 6.18 Å². The maximum absolute atomic E-state index is 13.1. The molecular formula is C10H10F4. The van der Waals surface area contributed by atoms with Crippen LogP contribution >= 0.6 is 0 Å². The van der Waals surface area contributed by atoms with Crippen LogP contribution in [0.5, 0.6) is 0 Å². The number of hydrogen-bond acceptors (Lipinski definition) is 0. The Bertz CT molecular complexity index is 325. The van der Waals surface area contributed by atoms with Crippen molar-refractivity contribution in [2.45, 2.75) is 25.9 Å². The first-order valence-corrected chi connectivity index (χ1v) is 4.19. The molecule has 78 valence electrons. The Labute approximate surface area is 79.6 Å². The third kappa shape index (κ3) is 2.25. The maximum Gasteiger partial charge on any atom is 0.416 e. The van der Waals surface area contributed by atoms with Crippen molar-refractivity contribution < 1.29 is 17.6 Å². The van der Waals surface area contributed by atoms with Crippen molar-refractivity contribution in [2.24, 2.45) is 0 Å². The van der Waals surface area contributed by atoms with E-state index in [0.29, 0.717) is 11.6 Å². The van der Waals surface area contributed by atoms with E-state index < -0.39 is 17.6 Å². The zero-order valence-electron chi connectivity index (χ0n) is 7.82. The van der Waals surface area contributed by atoms with Gasteiger partial charge in [0.05, 0.1) is 5.56 Å². The van der Waals surface area contributed by atoms with E-state index in [9.17, 15) is 17.6 Å². The molecule has 0 N–H and O–H groups in total. The SMILES string of the molecule is CC(C)c1ccc(C(F)(F)F)cc1F. The van der Waals surface area contributed by atoms with Crippen LogP contribution in [0, 0.1) is 5.82 Å². The van der Waals surface area contributed by atoms with Crippen molar-refractivity contribution in [3.05, 3.63) is 35.1 Å². The Hall–Kier alpha value is -1.06. The first-order chi connectivity index (χ1) is 6.32. The molecule has 14 heavy (non-hydrogen) atoms. The molecule has 0 radical (unpaired) electrons. The van der Waals surface area contributed by atoms with Crippen LogP contribution in [-0.4, -0.2) is 0 Å². The summed E-state index contributed by atoms with van der Waals surface area (Å²) in [5.74, 6) is -0.910. The van der Waals surface area contributed by atoms with Crippen LogP contribution in [0.2, 0.25) is 0 Å². The van der Waals surface area contributed by atoms with E-state index in [4.69, 9.17) is 0 Å². The van der Waals surface area contributed by atoms with Gasteiger partial charge in [-0.2, -0.15) is 13.2 Å². The standard InChI is InChI=1S/C10H10F4/c1-6(2)8-4-3-7(5-9(8)11)10(12,13)14/h3-6H,1-2H3. The Kier molecular flexibility index (Phi) is 2.83. The second-order valence-corrected chi connectivity index (χ2v) is 3.39. The summed E-state index contributed by atoms with van der Waals surface area (Å²) in [4.78, 5) is 0. The Morgan fingerprint density at radius 1 is 1.14 bits per heavy atom. The average Bonchev–Trinajstić information content (AvgIpc) is 2.01. The smallest absolute Gasteiger partial charge is 0.207 e. The molecule has 0 spiro atoms. The van der Waals surface area contributed by atoms with Gasteiger partial charge in [0.1, 0.15) is 5.82 Å². The molecule has 0 atom stereocenters. The molecule has 0 nitrogen and oxygen atoms in total. The van der Waals surface area contributed by atoms with E-state index in [0.717, 1.165) is 6.07 Å². The zero-order chi connectivity index (χ0) is 10.9. The van der Waals surface area contributed by atoms with Crippen molar-refractivity contribution in [3.63, 3.8) is 0 Å². The first-order valence-electron chi connectivity index (χ1n) is 4.19. The Morgan fingerprint density at radius 2 is 1.71 bits per heavy atom. The van der Waals surface area contributed by atoms with E-state index in [1.54, 1.807) is 13.8 Å². The van der Waals surface area contributed by atoms with Gasteiger partial charge in [0.25, 0.3) is 0 Å². The highest BCUT2D eigenvalue weighted by Crippen LogP contribution is 2.31. The molecule has 1 aromatic carbocycles. The molecule has 0 aromatic heterocycles. The van der Waals surface area contributed by atoms with Crippen LogP contribution in [0.1, 0.15) is 30.9 Å². The van der Waals surface area contributed by atoms with Crippen molar-refractivity contribution in [3.8, 4) is 0 Å². The van der Waals surface area contributed by atoms with Gasteiger partial charge in [-0.25, -0.2) is 4.39 Å². The fourth-order valence-electron chi connectivity index (χ4n) is 1.17. The van der Waals surface area contributed by atoms with Gasteiger partial charge in [-0.05, 0) is 23.6 Å². The summed E-state index contributed by atoms with van der Waals surface area (Å²) in [7, 11) is 0. The lowest BCUT2D eigenvalue weighted by Crippen LogP contribution is -2.06. The summed E-state index contributed by atoms with van der Waals surface area (Å²) in [6.07, 6.45) is -4.48. The molecule has 0 aliphatic heterocycles. The lowest BCUT2D eigenvalue weighted by molar-refractivity contribution is -0.137. The number of benzene rings is 1. The predicted molar refractivity (Wildman–Crippen MR) is 45.5 cm³/mol. The Balaban J connectivity index is 3.13. The number of rotatable bonds is 1. The molecule has 0 fully saturated rings. The highest BCUT2D eigenvalue weighted by atomic mass is 19.4. The summed E-state index contributed by atoms with van der Waals surface area (Å²) in [6, 6.07) is 2.62. The third-order valence-electron chi connectivity index (χ3n) is 1.95. The van der Waals surface area contributed by atoms with Gasteiger partial charge >= 0.3 is 6.18 Å². The van der Waals surface area contributed by atoms with Crippen molar-refractivity contribution in [1.29, 1.82) is 0 Å². The lowest BCUT2D eigenvalue weighted by atomic mass is 10.0. The molecule has 0 bridgehead atoms. The van der Waals surface area contributed by atoms with Crippen LogP contribution in [0.3, 0.4) is 0 Å². The van der Waals surface area contributed by atoms with Crippen LogP contribution < -0.4 is 0 Å². The molecule has 0 aliphatic rings. The van der Waals surface area contributed by atoms with Crippen molar-refractivity contribution >= 4 is 0 Å². The molecule has 0 amide bonds. The lowest BCUT2D eigenvalue weighted by Gasteiger charge is -2.10. The number of halogens is 4. The van der Waals surface area contributed by atoms with Gasteiger partial charge in [-0.3, -0.25) is 0 Å². The van der Waals surface area contributed by atoms with E-state index >= 15 is 0 Å². The monoisotopic (exact) mass is 206 g/mol. The summed E-state index contributed by atoms with van der Waals surface area (Å²) in [6.45, 7) is 3.46. The fraction of sp³-hybridized carbons (Fsp3) is 0.400. The fourth-order valence-corrected chi connectivity index (χ4v) is 1.17. The first kappa shape index (κ1) is 11.0. The molecule has 0 aliphatic carbocycles. The minimum Gasteiger partial charge on any atom is -0.207 e. The molecule has 1 aromatic rings. The van der Waals surface area contributed by atoms with Gasteiger partial charge < -0.3 is 0 Å². The van der Waals surface area contributed by atoms with Gasteiger partial charge in [-0.15, -0.1) is 0 Å². The number of alkyl halides is 3. The summed E-state index contributed by atoms with van der Waals surface area (Å²) >= 11 is 0. The van der Waals surface area contributed by atoms with Crippen LogP contribution in [0.15, 0.2) is 18.2 Å². The molecule has 0 heterocycles. The second-order valence-electron chi connectivity index (χ2n) is 3.39. The van der Waals surface area contributed by atoms with E-state index in [2.05, 4.69) is 0 Å². The topological polar surface area (TPSA) is 0 Å². The Morgan fingerprint density at radius 3 is 2.07 bits per heavy atom. The molecular weight excluding hydrogens is 196 g/mol. The molecule has 1 rings (SSSR count). The van der Waals surface area contributed by atoms with Gasteiger partial charge in [0.2, 0.25) is 0 Å². The van der Waals surface area contributed by atoms with Crippen molar-refractivity contribution in [1.82, 2.24) is 0 Å². The maximum atomic E-state index is 13.1. The largest absolute Gasteiger partial charge is 0.416 e. The van der Waals surface area contributed by atoms with Gasteiger partial charge in [0, 0.05) is 0 Å². The van der Waals surface area contributed by atoms with Gasteiger partial charge in [0.15, 0.2) is 0 Å². The zero-order valence-corrected chi connectivity index (χ0v) is 7.82. The normalized spacial score (nSPS) is 12.2. The number of hydrogen-bond donors (Lipinski definition) is 0. The summed E-state index contributed by atoms with van der Waals surface area (Å²) < 4.78 is 49.5. The van der Waals surface area contributed by atoms with E-state index in [-0.39, 0.29) is 5.92 Å². The minimum absolute atomic E-state index is 0.114. The highest BCUT2D eigenvalue weighted by molar-refractivity contribution is 5.28. The average molecular weight is 206 g/mol. The third-order valence-corrected chi connectivity index (χ3v) is 1.95. The summed E-state index contributed by atoms with van der Waals surface area (Å²) in [5, 5.41) is 0. The predicted octanol–water partition coefficient (Wildman–Crippen LogP) is 3.97. The van der Waals surface area contributed by atoms with Crippen LogP contribution in [0.4, 0.5) is 17.6 Å². The van der Waals surface area contributed by atoms with E-state index in [1.807, 2.05) is 0 Å². The molecule has 0 saturated carbocycles. The van der Waals surface area contributed by atoms with Gasteiger partial charge in [-0.1, -0.05) is 19.9 Å². The second kappa shape index (κ2) is 3.59. The van der Waals surface area contributed by atoms with Crippen LogP contribution in [0.25, 0.3) is 0 Å². The molecule has 0 saturated heterocycles. The van der Waals surface area contributed by atoms with E-state index in [1.165, 1.54) is 6.07 Å². The molecule has 4 heteroatoms. The molecule has 0 unspecified atom stereocenters.